The van der Waals surface area contributed by atoms with Gasteiger partial charge in [-0.25, -0.2) is 4.79 Å². The van der Waals surface area contributed by atoms with Gasteiger partial charge in [0.15, 0.2) is 6.10 Å². The van der Waals surface area contributed by atoms with Crippen LogP contribution in [0.3, 0.4) is 0 Å². The predicted molar refractivity (Wildman–Crippen MR) is 76.6 cm³/mol. The average molecular weight is 309 g/mol. The molecule has 0 unspecified atom stereocenters. The van der Waals surface area contributed by atoms with E-state index in [1.54, 1.807) is 4.68 Å². The number of aryl methyl sites for hydroxylation is 2. The van der Waals surface area contributed by atoms with E-state index in [0.717, 1.165) is 15.9 Å². The van der Waals surface area contributed by atoms with Crippen LogP contribution in [-0.4, -0.2) is 57.5 Å². The van der Waals surface area contributed by atoms with Gasteiger partial charge in [-0.3, -0.25) is 9.48 Å². The molecule has 1 aliphatic heterocycles. The Bertz CT molecular complexity index is 686. The molecule has 0 radical (unpaired) electrons. The van der Waals surface area contributed by atoms with Crippen molar-refractivity contribution in [3.05, 3.63) is 16.6 Å². The Balaban J connectivity index is 1.86. The molecule has 2 aromatic rings. The van der Waals surface area contributed by atoms with Crippen LogP contribution in [0.4, 0.5) is 0 Å². The Morgan fingerprint density at radius 2 is 2.29 bits per heavy atom. The topological polar surface area (TPSA) is 84.7 Å². The number of carboxylic acids is 1. The van der Waals surface area contributed by atoms with Crippen LogP contribution in [0, 0.1) is 6.92 Å². The number of nitrogens with zero attached hydrogens (tertiary/aromatic N) is 3. The maximum absolute atomic E-state index is 12.5. The zero-order valence-corrected chi connectivity index (χ0v) is 12.5. The van der Waals surface area contributed by atoms with Gasteiger partial charge < -0.3 is 14.7 Å². The van der Waals surface area contributed by atoms with Gasteiger partial charge in [0.2, 0.25) is 0 Å². The highest BCUT2D eigenvalue weighted by Crippen LogP contribution is 2.28. The van der Waals surface area contributed by atoms with E-state index in [9.17, 15) is 9.59 Å². The first kappa shape index (κ1) is 14.0. The number of aliphatic carboxylic acids is 1. The first-order valence-corrected chi connectivity index (χ1v) is 7.36. The van der Waals surface area contributed by atoms with Crippen molar-refractivity contribution < 1.29 is 19.4 Å². The maximum Gasteiger partial charge on any atom is 0.334 e. The van der Waals surface area contributed by atoms with E-state index in [2.05, 4.69) is 5.10 Å². The lowest BCUT2D eigenvalue weighted by molar-refractivity contribution is -0.154. The largest absolute Gasteiger partial charge is 0.479 e. The van der Waals surface area contributed by atoms with Crippen LogP contribution in [0.2, 0.25) is 0 Å². The Morgan fingerprint density at radius 1 is 1.52 bits per heavy atom. The molecule has 1 N–H and O–H groups in total. The third-order valence-electron chi connectivity index (χ3n) is 3.54. The summed E-state index contributed by atoms with van der Waals surface area (Å²) in [4.78, 5) is 26.6. The maximum atomic E-state index is 12.5. The van der Waals surface area contributed by atoms with Crippen LogP contribution < -0.4 is 0 Å². The van der Waals surface area contributed by atoms with Gasteiger partial charge in [-0.05, 0) is 13.0 Å². The summed E-state index contributed by atoms with van der Waals surface area (Å²) in [5, 5.41) is 14.3. The second kappa shape index (κ2) is 5.12. The molecular weight excluding hydrogens is 294 g/mol. The van der Waals surface area contributed by atoms with Gasteiger partial charge in [-0.2, -0.15) is 5.10 Å². The van der Waals surface area contributed by atoms with Crippen LogP contribution in [0.25, 0.3) is 10.2 Å². The normalized spacial score (nSPS) is 19.1. The minimum atomic E-state index is -1.04. The van der Waals surface area contributed by atoms with E-state index in [1.807, 2.05) is 20.0 Å². The first-order valence-electron chi connectivity index (χ1n) is 6.54. The van der Waals surface area contributed by atoms with Crippen molar-refractivity contribution in [3.63, 3.8) is 0 Å². The van der Waals surface area contributed by atoms with Crippen molar-refractivity contribution in [2.45, 2.75) is 13.0 Å². The molecule has 1 aliphatic rings. The molecule has 1 saturated heterocycles. The lowest BCUT2D eigenvalue weighted by Gasteiger charge is -2.30. The highest BCUT2D eigenvalue weighted by Gasteiger charge is 2.30. The van der Waals surface area contributed by atoms with Gasteiger partial charge in [0.1, 0.15) is 4.83 Å². The summed E-state index contributed by atoms with van der Waals surface area (Å²) in [5.74, 6) is -1.19. The highest BCUT2D eigenvalue weighted by molar-refractivity contribution is 7.20. The fraction of sp³-hybridized carbons (Fsp3) is 0.462. The molecule has 1 amide bonds. The number of thiophene rings is 1. The van der Waals surface area contributed by atoms with Crippen LogP contribution in [0.1, 0.15) is 15.4 Å². The third kappa shape index (κ3) is 2.40. The summed E-state index contributed by atoms with van der Waals surface area (Å²) in [6, 6.07) is 1.83. The summed E-state index contributed by atoms with van der Waals surface area (Å²) in [7, 11) is 1.84. The fourth-order valence-electron chi connectivity index (χ4n) is 2.45. The number of ether oxygens (including phenoxy) is 1. The molecule has 7 nitrogen and oxygen atoms in total. The summed E-state index contributed by atoms with van der Waals surface area (Å²) in [6.07, 6.45) is -0.944. The molecule has 0 bridgehead atoms. The van der Waals surface area contributed by atoms with Crippen molar-refractivity contribution in [3.8, 4) is 0 Å². The van der Waals surface area contributed by atoms with E-state index >= 15 is 0 Å². The number of rotatable bonds is 2. The first-order chi connectivity index (χ1) is 9.97. The molecule has 21 heavy (non-hydrogen) atoms. The number of hydrogen-bond donors (Lipinski definition) is 1. The molecule has 3 heterocycles. The number of carboxylic acid groups (broad SMARTS) is 1. The van der Waals surface area contributed by atoms with Crippen LogP contribution in [0.5, 0.6) is 0 Å². The zero-order chi connectivity index (χ0) is 15.1. The number of carbonyl (C=O) groups excluding carboxylic acids is 1. The molecule has 0 aliphatic carbocycles. The van der Waals surface area contributed by atoms with Crippen molar-refractivity contribution in [2.75, 3.05) is 19.7 Å². The van der Waals surface area contributed by atoms with Crippen LogP contribution in [-0.2, 0) is 16.6 Å². The minimum Gasteiger partial charge on any atom is -0.479 e. The predicted octanol–water partition coefficient (Wildman–Crippen LogP) is 0.869. The molecule has 0 saturated carbocycles. The number of amides is 1. The van der Waals surface area contributed by atoms with Gasteiger partial charge in [-0.1, -0.05) is 0 Å². The molecule has 8 heteroatoms. The Kier molecular flexibility index (Phi) is 3.42. The Labute approximate surface area is 124 Å². The standard InChI is InChI=1S/C13H15N3O4S/c1-7-8-5-10(21-12(8)15(2)14-7)11(17)16-3-4-20-9(6-16)13(18)19/h5,9H,3-4,6H2,1-2H3,(H,18,19)/t9-/m1/s1. The van der Waals surface area contributed by atoms with E-state index < -0.39 is 12.1 Å². The molecule has 0 aromatic carbocycles. The number of fused-ring (bicyclic) bond motifs is 1. The fourth-order valence-corrected chi connectivity index (χ4v) is 3.54. The second-order valence-electron chi connectivity index (χ2n) is 4.99. The molecule has 3 rings (SSSR count). The molecular formula is C13H15N3O4S. The van der Waals surface area contributed by atoms with Gasteiger partial charge in [0.05, 0.1) is 23.7 Å². The quantitative estimate of drug-likeness (QED) is 0.890. The van der Waals surface area contributed by atoms with Crippen molar-refractivity contribution in [1.29, 1.82) is 0 Å². The number of carbonyl (C=O) groups is 2. The molecule has 1 atom stereocenters. The molecule has 112 valence electrons. The summed E-state index contributed by atoms with van der Waals surface area (Å²) < 4.78 is 6.89. The number of morpholine rings is 1. The smallest absolute Gasteiger partial charge is 0.334 e. The molecule has 1 fully saturated rings. The monoisotopic (exact) mass is 309 g/mol. The second-order valence-corrected chi connectivity index (χ2v) is 6.02. The van der Waals surface area contributed by atoms with Gasteiger partial charge >= 0.3 is 5.97 Å². The van der Waals surface area contributed by atoms with Crippen molar-refractivity contribution >= 4 is 33.4 Å². The van der Waals surface area contributed by atoms with Crippen molar-refractivity contribution in [1.82, 2.24) is 14.7 Å². The minimum absolute atomic E-state index is 0.0830. The highest BCUT2D eigenvalue weighted by atomic mass is 32.1. The van der Waals surface area contributed by atoms with Crippen LogP contribution >= 0.6 is 11.3 Å². The molecule has 2 aromatic heterocycles. The summed E-state index contributed by atoms with van der Waals surface area (Å²) in [5.41, 5.74) is 0.883. The SMILES string of the molecule is Cc1nn(C)c2sc(C(=O)N3CCO[C@@H](C(=O)O)C3)cc12. The zero-order valence-electron chi connectivity index (χ0n) is 11.7. The molecule has 0 spiro atoms. The van der Waals surface area contributed by atoms with Crippen molar-refractivity contribution in [2.24, 2.45) is 7.05 Å². The van der Waals surface area contributed by atoms with Gasteiger partial charge in [0.25, 0.3) is 5.91 Å². The van der Waals surface area contributed by atoms with E-state index in [0.29, 0.717) is 11.4 Å². The summed E-state index contributed by atoms with van der Waals surface area (Å²) >= 11 is 1.38. The van der Waals surface area contributed by atoms with E-state index in [-0.39, 0.29) is 19.1 Å². The summed E-state index contributed by atoms with van der Waals surface area (Å²) in [6.45, 7) is 2.64. The number of aromatic nitrogens is 2. The lowest BCUT2D eigenvalue weighted by atomic mass is 10.2. The number of hydrogen-bond acceptors (Lipinski definition) is 5. The Morgan fingerprint density at radius 3 is 2.95 bits per heavy atom. The van der Waals surface area contributed by atoms with E-state index in [1.165, 1.54) is 16.2 Å². The third-order valence-corrected chi connectivity index (χ3v) is 4.73. The lowest BCUT2D eigenvalue weighted by Crippen LogP contribution is -2.48. The van der Waals surface area contributed by atoms with Gasteiger partial charge in [-0.15, -0.1) is 11.3 Å². The van der Waals surface area contributed by atoms with E-state index in [4.69, 9.17) is 9.84 Å². The van der Waals surface area contributed by atoms with Gasteiger partial charge in [0, 0.05) is 19.0 Å². The Hall–Kier alpha value is -1.93. The average Bonchev–Trinajstić information content (AvgIpc) is 3.01. The van der Waals surface area contributed by atoms with Crippen LogP contribution in [0.15, 0.2) is 6.07 Å².